The summed E-state index contributed by atoms with van der Waals surface area (Å²) < 4.78 is 5.80. The number of carbonyl (C=O) groups is 1. The van der Waals surface area contributed by atoms with Gasteiger partial charge in [-0.05, 0) is 69.5 Å². The molecule has 1 aliphatic rings. The molecule has 0 amide bonds. The van der Waals surface area contributed by atoms with Crippen molar-refractivity contribution >= 4 is 5.78 Å². The second-order valence-electron chi connectivity index (χ2n) is 5.79. The Hall–Kier alpha value is -1.35. The van der Waals surface area contributed by atoms with Crippen LogP contribution in [0, 0.1) is 26.7 Å². The van der Waals surface area contributed by atoms with Gasteiger partial charge in [-0.2, -0.15) is 0 Å². The highest BCUT2D eigenvalue weighted by Gasteiger charge is 2.20. The Kier molecular flexibility index (Phi) is 5.18. The van der Waals surface area contributed by atoms with Gasteiger partial charge < -0.3 is 10.1 Å². The fourth-order valence-electron chi connectivity index (χ4n) is 2.70. The summed E-state index contributed by atoms with van der Waals surface area (Å²) in [6.07, 6.45) is 2.47. The van der Waals surface area contributed by atoms with Crippen molar-refractivity contribution in [1.29, 1.82) is 0 Å². The molecule has 0 bridgehead atoms. The number of ketones is 1. The molecule has 0 aromatic heterocycles. The van der Waals surface area contributed by atoms with Gasteiger partial charge in [-0.25, -0.2) is 0 Å². The minimum absolute atomic E-state index is 0.237. The normalized spacial score (nSPS) is 16.1. The number of nitrogens with one attached hydrogen (secondary N) is 1. The summed E-state index contributed by atoms with van der Waals surface area (Å²) in [5.41, 5.74) is 3.65. The molecule has 1 fully saturated rings. The number of carbonyl (C=O) groups excluding carboxylic acids is 1. The molecule has 0 radical (unpaired) electrons. The van der Waals surface area contributed by atoms with E-state index in [1.807, 2.05) is 0 Å². The van der Waals surface area contributed by atoms with E-state index in [-0.39, 0.29) is 5.92 Å². The highest BCUT2D eigenvalue weighted by molar-refractivity contribution is 5.81. The summed E-state index contributed by atoms with van der Waals surface area (Å²) in [7, 11) is 0. The van der Waals surface area contributed by atoms with Gasteiger partial charge in [0.05, 0.1) is 6.61 Å². The van der Waals surface area contributed by atoms with Crippen LogP contribution in [0.25, 0.3) is 0 Å². The molecule has 1 saturated heterocycles. The highest BCUT2D eigenvalue weighted by atomic mass is 16.5. The minimum atomic E-state index is 0.237. The van der Waals surface area contributed by atoms with Gasteiger partial charge in [0.25, 0.3) is 0 Å². The molecular formula is C17H25NO2. The van der Waals surface area contributed by atoms with E-state index in [1.165, 1.54) is 11.1 Å². The Morgan fingerprint density at radius 2 is 1.80 bits per heavy atom. The molecule has 1 aromatic rings. The molecule has 20 heavy (non-hydrogen) atoms. The first-order chi connectivity index (χ1) is 9.58. The monoisotopic (exact) mass is 275 g/mol. The first-order valence-corrected chi connectivity index (χ1v) is 7.52. The summed E-state index contributed by atoms with van der Waals surface area (Å²) in [6, 6.07) is 4.21. The zero-order valence-corrected chi connectivity index (χ0v) is 12.8. The Bertz CT molecular complexity index is 476. The third-order valence-corrected chi connectivity index (χ3v) is 4.19. The van der Waals surface area contributed by atoms with Gasteiger partial charge >= 0.3 is 0 Å². The fourth-order valence-corrected chi connectivity index (χ4v) is 2.70. The maximum Gasteiger partial charge on any atom is 0.139 e. The lowest BCUT2D eigenvalue weighted by Crippen LogP contribution is -2.32. The van der Waals surface area contributed by atoms with Crippen LogP contribution in [0.2, 0.25) is 0 Å². The molecule has 0 unspecified atom stereocenters. The molecule has 3 nitrogen and oxygen atoms in total. The average Bonchev–Trinajstić information content (AvgIpc) is 2.45. The predicted octanol–water partition coefficient (Wildman–Crippen LogP) is 2.95. The lowest BCUT2D eigenvalue weighted by molar-refractivity contribution is -0.124. The van der Waals surface area contributed by atoms with Crippen molar-refractivity contribution in [2.24, 2.45) is 5.92 Å². The van der Waals surface area contributed by atoms with Crippen molar-refractivity contribution in [1.82, 2.24) is 5.32 Å². The number of benzene rings is 1. The molecule has 0 aliphatic carbocycles. The Morgan fingerprint density at radius 1 is 1.15 bits per heavy atom. The van der Waals surface area contributed by atoms with E-state index in [0.717, 1.165) is 37.2 Å². The maximum absolute atomic E-state index is 12.1. The minimum Gasteiger partial charge on any atom is -0.493 e. The SMILES string of the molecule is Cc1cc(C)c(OCCC(=O)C2CCNCC2)cc1C. The molecule has 3 heteroatoms. The van der Waals surface area contributed by atoms with Gasteiger partial charge in [0.15, 0.2) is 0 Å². The molecule has 2 rings (SSSR count). The summed E-state index contributed by atoms with van der Waals surface area (Å²) >= 11 is 0. The molecule has 0 spiro atoms. The van der Waals surface area contributed by atoms with Gasteiger partial charge in [0, 0.05) is 12.3 Å². The van der Waals surface area contributed by atoms with Crippen LogP contribution in [0.3, 0.4) is 0 Å². The van der Waals surface area contributed by atoms with E-state index in [4.69, 9.17) is 4.74 Å². The summed E-state index contributed by atoms with van der Waals surface area (Å²) in [4.78, 5) is 12.1. The van der Waals surface area contributed by atoms with Crippen molar-refractivity contribution in [3.8, 4) is 5.75 Å². The van der Waals surface area contributed by atoms with Crippen LogP contribution in [0.1, 0.15) is 36.0 Å². The van der Waals surface area contributed by atoms with Gasteiger partial charge in [-0.1, -0.05) is 6.07 Å². The van der Waals surface area contributed by atoms with Crippen molar-refractivity contribution in [2.45, 2.75) is 40.0 Å². The third-order valence-electron chi connectivity index (χ3n) is 4.19. The van der Waals surface area contributed by atoms with E-state index >= 15 is 0 Å². The molecule has 1 heterocycles. The van der Waals surface area contributed by atoms with Crippen LogP contribution in [-0.2, 0) is 4.79 Å². The largest absolute Gasteiger partial charge is 0.493 e. The molecule has 110 valence electrons. The first-order valence-electron chi connectivity index (χ1n) is 7.52. The zero-order chi connectivity index (χ0) is 14.5. The number of ether oxygens (including phenoxy) is 1. The highest BCUT2D eigenvalue weighted by Crippen LogP contribution is 2.23. The topological polar surface area (TPSA) is 38.3 Å². The Morgan fingerprint density at radius 3 is 2.50 bits per heavy atom. The quantitative estimate of drug-likeness (QED) is 0.898. The summed E-state index contributed by atoms with van der Waals surface area (Å²) in [5.74, 6) is 1.50. The Labute approximate surface area is 121 Å². The predicted molar refractivity (Wildman–Crippen MR) is 81.4 cm³/mol. The van der Waals surface area contributed by atoms with Gasteiger partial charge in [0.2, 0.25) is 0 Å². The van der Waals surface area contributed by atoms with Crippen molar-refractivity contribution in [3.05, 3.63) is 28.8 Å². The molecule has 1 aliphatic heterocycles. The van der Waals surface area contributed by atoms with Crippen LogP contribution in [0.5, 0.6) is 5.75 Å². The van der Waals surface area contributed by atoms with Crippen molar-refractivity contribution < 1.29 is 9.53 Å². The second-order valence-corrected chi connectivity index (χ2v) is 5.79. The summed E-state index contributed by atoms with van der Waals surface area (Å²) in [5, 5.41) is 3.29. The van der Waals surface area contributed by atoms with Gasteiger partial charge in [0.1, 0.15) is 11.5 Å². The fraction of sp³-hybridized carbons (Fsp3) is 0.588. The average molecular weight is 275 g/mol. The zero-order valence-electron chi connectivity index (χ0n) is 12.8. The number of hydrogen-bond donors (Lipinski definition) is 1. The van der Waals surface area contributed by atoms with E-state index in [2.05, 4.69) is 38.2 Å². The third kappa shape index (κ3) is 3.83. The van der Waals surface area contributed by atoms with Crippen LogP contribution < -0.4 is 10.1 Å². The first kappa shape index (κ1) is 15.0. The van der Waals surface area contributed by atoms with Gasteiger partial charge in [-0.3, -0.25) is 4.79 Å². The number of piperidine rings is 1. The van der Waals surface area contributed by atoms with E-state index in [0.29, 0.717) is 18.8 Å². The number of Topliss-reactive ketones (excluding diaryl/α,β-unsaturated/α-hetero) is 1. The number of aryl methyl sites for hydroxylation is 3. The number of hydrogen-bond acceptors (Lipinski definition) is 3. The van der Waals surface area contributed by atoms with Crippen LogP contribution in [0.4, 0.5) is 0 Å². The molecule has 1 N–H and O–H groups in total. The van der Waals surface area contributed by atoms with Crippen LogP contribution in [0.15, 0.2) is 12.1 Å². The van der Waals surface area contributed by atoms with Crippen molar-refractivity contribution in [2.75, 3.05) is 19.7 Å². The summed E-state index contributed by atoms with van der Waals surface area (Å²) in [6.45, 7) is 8.66. The molecule has 0 atom stereocenters. The van der Waals surface area contributed by atoms with E-state index < -0.39 is 0 Å². The number of rotatable bonds is 5. The van der Waals surface area contributed by atoms with Crippen LogP contribution in [-0.4, -0.2) is 25.5 Å². The maximum atomic E-state index is 12.1. The lowest BCUT2D eigenvalue weighted by Gasteiger charge is -2.21. The van der Waals surface area contributed by atoms with Crippen molar-refractivity contribution in [3.63, 3.8) is 0 Å². The van der Waals surface area contributed by atoms with E-state index in [9.17, 15) is 4.79 Å². The molecule has 0 saturated carbocycles. The molecule has 1 aromatic carbocycles. The Balaban J connectivity index is 1.83. The van der Waals surface area contributed by atoms with E-state index in [1.54, 1.807) is 0 Å². The smallest absolute Gasteiger partial charge is 0.139 e. The lowest BCUT2D eigenvalue weighted by atomic mass is 9.92. The second kappa shape index (κ2) is 6.89. The standard InChI is InChI=1S/C17H25NO2/c1-12-10-14(3)17(11-13(12)2)20-9-6-16(19)15-4-7-18-8-5-15/h10-11,15,18H,4-9H2,1-3H3. The van der Waals surface area contributed by atoms with Crippen LogP contribution >= 0.6 is 0 Å². The van der Waals surface area contributed by atoms with Gasteiger partial charge in [-0.15, -0.1) is 0 Å². The molecular weight excluding hydrogens is 250 g/mol.